The molecule has 0 radical (unpaired) electrons. The lowest BCUT2D eigenvalue weighted by Gasteiger charge is -2.52. The number of piperazine rings is 1. The lowest BCUT2D eigenvalue weighted by molar-refractivity contribution is -0.129. The molecule has 2 heterocycles. The summed E-state index contributed by atoms with van der Waals surface area (Å²) in [5.41, 5.74) is 3.77. The summed E-state index contributed by atoms with van der Waals surface area (Å²) in [6.45, 7) is 14.1. The maximum atomic E-state index is 14.0. The normalized spacial score (nSPS) is 36.0. The number of anilines is 2. The molecular formula is C33H44N4O2. The Labute approximate surface area is 233 Å². The summed E-state index contributed by atoms with van der Waals surface area (Å²) in [6.07, 6.45) is 14.3. The molecule has 6 rings (SSSR count). The van der Waals surface area contributed by atoms with Crippen molar-refractivity contribution >= 4 is 23.1 Å². The number of nitrogens with zero attached hydrogens (tertiary/aromatic N) is 3. The minimum atomic E-state index is -0.122. The van der Waals surface area contributed by atoms with Gasteiger partial charge in [0.15, 0.2) is 17.4 Å². The highest BCUT2D eigenvalue weighted by Gasteiger charge is 2.59. The van der Waals surface area contributed by atoms with E-state index < -0.39 is 0 Å². The molecule has 3 fully saturated rings. The summed E-state index contributed by atoms with van der Waals surface area (Å²) in [7, 11) is 0. The van der Waals surface area contributed by atoms with Gasteiger partial charge in [-0.15, -0.1) is 0 Å². The third kappa shape index (κ3) is 4.39. The summed E-state index contributed by atoms with van der Waals surface area (Å²) < 4.78 is 0. The van der Waals surface area contributed by atoms with Gasteiger partial charge in [-0.3, -0.25) is 14.5 Å². The molecule has 39 heavy (non-hydrogen) atoms. The maximum Gasteiger partial charge on any atom is 0.178 e. The van der Waals surface area contributed by atoms with E-state index in [4.69, 9.17) is 0 Å². The van der Waals surface area contributed by atoms with Gasteiger partial charge in [0.05, 0.1) is 12.2 Å². The Kier molecular flexibility index (Phi) is 6.81. The smallest absolute Gasteiger partial charge is 0.178 e. The topological polar surface area (TPSA) is 65.5 Å². The summed E-state index contributed by atoms with van der Waals surface area (Å²) in [5.74, 6) is 3.16. The van der Waals surface area contributed by atoms with E-state index >= 15 is 0 Å². The third-order valence-electron chi connectivity index (χ3n) is 10.8. The Morgan fingerprint density at radius 2 is 2.00 bits per heavy atom. The average Bonchev–Trinajstić information content (AvgIpc) is 3.20. The van der Waals surface area contributed by atoms with E-state index in [0.29, 0.717) is 30.1 Å². The molecule has 0 spiro atoms. The molecule has 1 aliphatic heterocycles. The van der Waals surface area contributed by atoms with Gasteiger partial charge in [-0.2, -0.15) is 0 Å². The highest BCUT2D eigenvalue weighted by molar-refractivity contribution is 6.01. The fourth-order valence-electron chi connectivity index (χ4n) is 8.99. The van der Waals surface area contributed by atoms with Crippen LogP contribution in [0.2, 0.25) is 0 Å². The van der Waals surface area contributed by atoms with Crippen molar-refractivity contribution in [1.82, 2.24) is 9.88 Å². The van der Waals surface area contributed by atoms with Crippen molar-refractivity contribution in [2.75, 3.05) is 49.5 Å². The van der Waals surface area contributed by atoms with Crippen LogP contribution in [0.4, 0.5) is 11.5 Å². The molecule has 5 aliphatic rings. The van der Waals surface area contributed by atoms with Gasteiger partial charge in [0.1, 0.15) is 0 Å². The number of nitrogens with one attached hydrogen (secondary N) is 1. The molecule has 0 aromatic carbocycles. The standard InChI is InChI=1S/C33H44N4O2/c1-5-34-28-7-6-14-35-31(28)37-17-15-36(16-18-37)21-29(39)30-22(2)19-27-25-9-8-23-20-24(38)10-12-32(23,3)26(25)11-13-33(27,30)4/h6-7,10-12,14,20,22,25,27,30,34H,5,8-9,13,15-19,21H2,1-4H3/t22?,25-,27+,30-,32+,33+/m1/s1. The number of fused-ring (bicyclic) bond motifs is 5. The third-order valence-corrected chi connectivity index (χ3v) is 10.8. The number of ketones is 2. The minimum absolute atomic E-state index is 0.0208. The molecule has 0 bridgehead atoms. The second-order valence-electron chi connectivity index (χ2n) is 13.1. The predicted octanol–water partition coefficient (Wildman–Crippen LogP) is 5.29. The van der Waals surface area contributed by atoms with E-state index in [1.54, 1.807) is 6.08 Å². The van der Waals surface area contributed by atoms with E-state index in [1.807, 2.05) is 18.3 Å². The van der Waals surface area contributed by atoms with Crippen molar-refractivity contribution in [2.45, 2.75) is 53.4 Å². The van der Waals surface area contributed by atoms with Crippen LogP contribution in [-0.2, 0) is 9.59 Å². The van der Waals surface area contributed by atoms with Crippen LogP contribution in [0.3, 0.4) is 0 Å². The van der Waals surface area contributed by atoms with Gasteiger partial charge < -0.3 is 10.2 Å². The summed E-state index contributed by atoms with van der Waals surface area (Å²) >= 11 is 0. The lowest BCUT2D eigenvalue weighted by Crippen LogP contribution is -2.51. The Hall–Kier alpha value is -2.73. The van der Waals surface area contributed by atoms with Gasteiger partial charge in [-0.05, 0) is 87.0 Å². The monoisotopic (exact) mass is 528 g/mol. The van der Waals surface area contributed by atoms with Gasteiger partial charge in [0.25, 0.3) is 0 Å². The fraction of sp³-hybridized carbons (Fsp3) is 0.606. The Bertz CT molecular complexity index is 1240. The van der Waals surface area contributed by atoms with Gasteiger partial charge >= 0.3 is 0 Å². The largest absolute Gasteiger partial charge is 0.382 e. The molecular weight excluding hydrogens is 484 g/mol. The van der Waals surface area contributed by atoms with Crippen LogP contribution in [0.15, 0.2) is 53.8 Å². The summed E-state index contributed by atoms with van der Waals surface area (Å²) in [5, 5.41) is 3.43. The molecule has 6 nitrogen and oxygen atoms in total. The highest BCUT2D eigenvalue weighted by atomic mass is 16.1. The number of pyridine rings is 1. The second kappa shape index (κ2) is 10.0. The van der Waals surface area contributed by atoms with E-state index in [-0.39, 0.29) is 22.5 Å². The first kappa shape index (κ1) is 26.5. The summed E-state index contributed by atoms with van der Waals surface area (Å²) in [4.78, 5) is 35.4. The quantitative estimate of drug-likeness (QED) is 0.506. The molecule has 1 unspecified atom stereocenters. The first-order chi connectivity index (χ1) is 18.7. The molecule has 208 valence electrons. The minimum Gasteiger partial charge on any atom is -0.382 e. The zero-order valence-electron chi connectivity index (χ0n) is 24.1. The van der Waals surface area contributed by atoms with Crippen molar-refractivity contribution in [3.63, 3.8) is 0 Å². The first-order valence-electron chi connectivity index (χ1n) is 15.1. The van der Waals surface area contributed by atoms with Crippen molar-refractivity contribution in [3.05, 3.63) is 53.8 Å². The van der Waals surface area contributed by atoms with Crippen LogP contribution in [0.5, 0.6) is 0 Å². The SMILES string of the molecule is CCNc1cccnc1N1CCN(CC(=O)[C@H]2C(C)C[C@H]3[C@@H]4CCC5=CC(=O)C=C[C@]5(C)C4=CC[C@]23C)CC1. The number of rotatable bonds is 6. The average molecular weight is 529 g/mol. The van der Waals surface area contributed by atoms with Crippen LogP contribution < -0.4 is 10.2 Å². The van der Waals surface area contributed by atoms with Crippen molar-refractivity contribution in [3.8, 4) is 0 Å². The Morgan fingerprint density at radius 3 is 2.77 bits per heavy atom. The molecule has 1 saturated heterocycles. The zero-order chi connectivity index (χ0) is 27.4. The number of allylic oxidation sites excluding steroid dienone is 6. The van der Waals surface area contributed by atoms with E-state index in [2.05, 4.69) is 66.0 Å². The van der Waals surface area contributed by atoms with E-state index in [0.717, 1.165) is 69.9 Å². The number of carbonyl (C=O) groups excluding carboxylic acids is 2. The number of Topliss-reactive ketones (excluding diaryl/α,β-unsaturated/α-hetero) is 1. The zero-order valence-corrected chi connectivity index (χ0v) is 24.1. The van der Waals surface area contributed by atoms with Gasteiger partial charge in [0.2, 0.25) is 0 Å². The number of hydrogen-bond acceptors (Lipinski definition) is 6. The van der Waals surface area contributed by atoms with Crippen LogP contribution >= 0.6 is 0 Å². The second-order valence-corrected chi connectivity index (χ2v) is 13.1. The number of hydrogen-bond donors (Lipinski definition) is 1. The van der Waals surface area contributed by atoms with Crippen LogP contribution in [0, 0.1) is 34.5 Å². The van der Waals surface area contributed by atoms with E-state index in [9.17, 15) is 9.59 Å². The van der Waals surface area contributed by atoms with E-state index in [1.165, 1.54) is 11.1 Å². The van der Waals surface area contributed by atoms with Crippen molar-refractivity contribution in [1.29, 1.82) is 0 Å². The van der Waals surface area contributed by atoms with Gasteiger partial charge in [0, 0.05) is 50.3 Å². The number of carbonyl (C=O) groups is 2. The summed E-state index contributed by atoms with van der Waals surface area (Å²) in [6, 6.07) is 4.07. The van der Waals surface area contributed by atoms with Gasteiger partial charge in [-0.25, -0.2) is 4.98 Å². The highest BCUT2D eigenvalue weighted by Crippen LogP contribution is 2.65. The van der Waals surface area contributed by atoms with Crippen LogP contribution in [0.25, 0.3) is 0 Å². The maximum absolute atomic E-state index is 14.0. The molecule has 2 saturated carbocycles. The van der Waals surface area contributed by atoms with Gasteiger partial charge in [-0.1, -0.05) is 37.1 Å². The molecule has 6 atom stereocenters. The molecule has 1 aromatic rings. The van der Waals surface area contributed by atoms with Crippen molar-refractivity contribution in [2.24, 2.45) is 34.5 Å². The van der Waals surface area contributed by atoms with Crippen molar-refractivity contribution < 1.29 is 9.59 Å². The molecule has 4 aliphatic carbocycles. The Balaban J connectivity index is 1.14. The number of aromatic nitrogens is 1. The fourth-order valence-corrected chi connectivity index (χ4v) is 8.99. The molecule has 1 aromatic heterocycles. The van der Waals surface area contributed by atoms with Crippen LogP contribution in [0.1, 0.15) is 53.4 Å². The molecule has 6 heteroatoms. The molecule has 0 amide bonds. The molecule has 1 N–H and O–H groups in total. The lowest BCUT2D eigenvalue weighted by atomic mass is 9.52. The van der Waals surface area contributed by atoms with Crippen LogP contribution in [-0.4, -0.2) is 60.7 Å². The Morgan fingerprint density at radius 1 is 1.21 bits per heavy atom. The first-order valence-corrected chi connectivity index (χ1v) is 15.1. The predicted molar refractivity (Wildman–Crippen MR) is 157 cm³/mol.